The molecule has 0 aliphatic heterocycles. The first-order valence-electron chi connectivity index (χ1n) is 21.7. The molecule has 294 valence electrons. The van der Waals surface area contributed by atoms with Gasteiger partial charge in [-0.05, 0) is 77.0 Å². The third-order valence-electron chi connectivity index (χ3n) is 9.40. The molecule has 2 unspecified atom stereocenters. The van der Waals surface area contributed by atoms with Gasteiger partial charge in [-0.1, -0.05) is 189 Å². The maximum Gasteiger partial charge on any atom is 0.220 e. The van der Waals surface area contributed by atoms with Crippen LogP contribution < -0.4 is 5.32 Å². The standard InChI is InChI=1S/C47H83NO3/c1-3-5-7-9-11-13-15-17-19-20-21-22-23-24-25-26-27-29-30-32-34-36-38-40-42-46(50)45(44-49)48-47(51)43-41-39-37-35-33-31-28-18-16-14-12-10-8-6-4-2/h6,8,12,14,18,26-28,32,34,40,42,45-46,49-50H,3-5,7,9-11,13,15-17,19-25,29-31,33,35-39,41,43-44H2,1-2H3,(H,48,51)/b8-6-,14-12-,27-26+,28-18-,34-32+,42-40+. The minimum Gasteiger partial charge on any atom is -0.394 e. The summed E-state index contributed by atoms with van der Waals surface area (Å²) in [6.45, 7) is 4.17. The average molecular weight is 710 g/mol. The Balaban J connectivity index is 3.68. The van der Waals surface area contributed by atoms with Crippen LogP contribution in [0.5, 0.6) is 0 Å². The van der Waals surface area contributed by atoms with Gasteiger partial charge in [-0.15, -0.1) is 0 Å². The van der Waals surface area contributed by atoms with E-state index in [1.165, 1.54) is 109 Å². The summed E-state index contributed by atoms with van der Waals surface area (Å²) >= 11 is 0. The third kappa shape index (κ3) is 38.9. The van der Waals surface area contributed by atoms with Crippen LogP contribution in [0.1, 0.15) is 200 Å². The quantitative estimate of drug-likeness (QED) is 0.0441. The fourth-order valence-corrected chi connectivity index (χ4v) is 6.11. The molecule has 1 amide bonds. The molecule has 51 heavy (non-hydrogen) atoms. The summed E-state index contributed by atoms with van der Waals surface area (Å²) in [5.41, 5.74) is 0. The lowest BCUT2D eigenvalue weighted by Crippen LogP contribution is -2.45. The summed E-state index contributed by atoms with van der Waals surface area (Å²) in [6, 6.07) is -0.657. The van der Waals surface area contributed by atoms with Crippen LogP contribution in [0.15, 0.2) is 72.9 Å². The highest BCUT2D eigenvalue weighted by Crippen LogP contribution is 2.14. The van der Waals surface area contributed by atoms with Gasteiger partial charge >= 0.3 is 0 Å². The Bertz CT molecular complexity index is 899. The molecule has 0 fully saturated rings. The number of hydrogen-bond acceptors (Lipinski definition) is 3. The first-order chi connectivity index (χ1) is 25.2. The zero-order valence-electron chi connectivity index (χ0n) is 33.6. The van der Waals surface area contributed by atoms with Gasteiger partial charge in [0.05, 0.1) is 18.8 Å². The molecule has 0 saturated heterocycles. The highest BCUT2D eigenvalue weighted by molar-refractivity contribution is 5.76. The van der Waals surface area contributed by atoms with Gasteiger partial charge in [0.2, 0.25) is 5.91 Å². The van der Waals surface area contributed by atoms with Crippen molar-refractivity contribution in [2.75, 3.05) is 6.61 Å². The van der Waals surface area contributed by atoms with Crippen LogP contribution >= 0.6 is 0 Å². The molecule has 0 heterocycles. The van der Waals surface area contributed by atoms with Crippen LogP contribution in [0.3, 0.4) is 0 Å². The van der Waals surface area contributed by atoms with E-state index in [0.717, 1.165) is 70.6 Å². The van der Waals surface area contributed by atoms with Gasteiger partial charge in [0, 0.05) is 6.42 Å². The molecule has 4 nitrogen and oxygen atoms in total. The van der Waals surface area contributed by atoms with Crippen molar-refractivity contribution in [2.24, 2.45) is 0 Å². The fraction of sp³-hybridized carbons (Fsp3) is 0.723. The smallest absolute Gasteiger partial charge is 0.220 e. The first kappa shape index (κ1) is 48.8. The van der Waals surface area contributed by atoms with E-state index in [9.17, 15) is 15.0 Å². The predicted octanol–water partition coefficient (Wildman–Crippen LogP) is 13.5. The first-order valence-corrected chi connectivity index (χ1v) is 21.7. The van der Waals surface area contributed by atoms with E-state index in [-0.39, 0.29) is 12.5 Å². The molecule has 0 saturated carbocycles. The Kier molecular flexibility index (Phi) is 40.4. The van der Waals surface area contributed by atoms with E-state index < -0.39 is 12.1 Å². The summed E-state index contributed by atoms with van der Waals surface area (Å²) < 4.78 is 0. The molecule has 0 rings (SSSR count). The lowest BCUT2D eigenvalue weighted by Gasteiger charge is -2.19. The molecular weight excluding hydrogens is 627 g/mol. The van der Waals surface area contributed by atoms with Crippen LogP contribution in [0.4, 0.5) is 0 Å². The number of aliphatic hydroxyl groups excluding tert-OH is 2. The SMILES string of the molecule is CC/C=C\C/C=C\C/C=C\CCCCCCCC(=O)NC(CO)C(O)/C=C/CC/C=C/CC/C=C/CCCCCCCCCCCCCCCC. The molecule has 0 aliphatic rings. The largest absolute Gasteiger partial charge is 0.394 e. The van der Waals surface area contributed by atoms with Crippen molar-refractivity contribution in [2.45, 2.75) is 212 Å². The number of allylic oxidation sites excluding steroid dienone is 11. The monoisotopic (exact) mass is 710 g/mol. The minimum absolute atomic E-state index is 0.0979. The number of carbonyl (C=O) groups excluding carboxylic acids is 1. The van der Waals surface area contributed by atoms with E-state index in [1.54, 1.807) is 6.08 Å². The van der Waals surface area contributed by atoms with Crippen molar-refractivity contribution < 1.29 is 15.0 Å². The van der Waals surface area contributed by atoms with E-state index in [4.69, 9.17) is 0 Å². The number of amides is 1. The van der Waals surface area contributed by atoms with Crippen molar-refractivity contribution in [1.29, 1.82) is 0 Å². The fourth-order valence-electron chi connectivity index (χ4n) is 6.11. The van der Waals surface area contributed by atoms with Crippen molar-refractivity contribution in [3.63, 3.8) is 0 Å². The van der Waals surface area contributed by atoms with Crippen LogP contribution in [0.2, 0.25) is 0 Å². The topological polar surface area (TPSA) is 69.6 Å². The molecule has 0 aromatic rings. The predicted molar refractivity (Wildman–Crippen MR) is 225 cm³/mol. The molecular formula is C47H83NO3. The van der Waals surface area contributed by atoms with Crippen LogP contribution in [-0.4, -0.2) is 34.9 Å². The van der Waals surface area contributed by atoms with E-state index in [0.29, 0.717) is 6.42 Å². The second-order valence-electron chi connectivity index (χ2n) is 14.4. The number of nitrogens with one attached hydrogen (secondary N) is 1. The van der Waals surface area contributed by atoms with Gasteiger partial charge in [-0.2, -0.15) is 0 Å². The third-order valence-corrected chi connectivity index (χ3v) is 9.40. The molecule has 0 radical (unpaired) electrons. The van der Waals surface area contributed by atoms with Crippen LogP contribution in [0.25, 0.3) is 0 Å². The summed E-state index contributed by atoms with van der Waals surface area (Å²) in [4.78, 5) is 12.3. The van der Waals surface area contributed by atoms with Gasteiger partial charge in [0.1, 0.15) is 0 Å². The molecule has 4 heteroatoms. The van der Waals surface area contributed by atoms with E-state index in [1.807, 2.05) is 6.08 Å². The Labute approximate surface area is 317 Å². The average Bonchev–Trinajstić information content (AvgIpc) is 3.13. The van der Waals surface area contributed by atoms with Crippen molar-refractivity contribution in [3.05, 3.63) is 72.9 Å². The molecule has 0 aliphatic carbocycles. The van der Waals surface area contributed by atoms with Gasteiger partial charge < -0.3 is 15.5 Å². The Morgan fingerprint density at radius 3 is 1.37 bits per heavy atom. The summed E-state index contributed by atoms with van der Waals surface area (Å²) in [7, 11) is 0. The van der Waals surface area contributed by atoms with Gasteiger partial charge in [0.25, 0.3) is 0 Å². The summed E-state index contributed by atoms with van der Waals surface area (Å²) in [5, 5.41) is 22.9. The Morgan fingerprint density at radius 2 is 0.882 bits per heavy atom. The lowest BCUT2D eigenvalue weighted by molar-refractivity contribution is -0.123. The van der Waals surface area contributed by atoms with E-state index in [2.05, 4.69) is 79.9 Å². The molecule has 0 spiro atoms. The zero-order valence-corrected chi connectivity index (χ0v) is 33.6. The van der Waals surface area contributed by atoms with Crippen molar-refractivity contribution in [1.82, 2.24) is 5.32 Å². The number of rotatable bonds is 38. The molecule has 3 N–H and O–H groups in total. The Morgan fingerprint density at radius 1 is 0.490 bits per heavy atom. The second kappa shape index (κ2) is 42.2. The number of hydrogen-bond donors (Lipinski definition) is 3. The summed E-state index contributed by atoms with van der Waals surface area (Å²) in [5.74, 6) is -0.0979. The van der Waals surface area contributed by atoms with Gasteiger partial charge in [-0.3, -0.25) is 4.79 Å². The molecule has 2 atom stereocenters. The Hall–Kier alpha value is -2.17. The number of unbranched alkanes of at least 4 members (excludes halogenated alkanes) is 21. The summed E-state index contributed by atoms with van der Waals surface area (Å²) in [6.07, 6.45) is 60.1. The van der Waals surface area contributed by atoms with Gasteiger partial charge in [-0.25, -0.2) is 0 Å². The number of carbonyl (C=O) groups is 1. The molecule has 0 aromatic carbocycles. The van der Waals surface area contributed by atoms with Crippen molar-refractivity contribution >= 4 is 5.91 Å². The van der Waals surface area contributed by atoms with E-state index >= 15 is 0 Å². The van der Waals surface area contributed by atoms with Crippen molar-refractivity contribution in [3.8, 4) is 0 Å². The highest BCUT2D eigenvalue weighted by atomic mass is 16.3. The second-order valence-corrected chi connectivity index (χ2v) is 14.4. The molecule has 0 bridgehead atoms. The molecule has 0 aromatic heterocycles. The number of aliphatic hydroxyl groups is 2. The zero-order chi connectivity index (χ0) is 37.1. The maximum absolute atomic E-state index is 12.3. The minimum atomic E-state index is -0.880. The maximum atomic E-state index is 12.3. The lowest BCUT2D eigenvalue weighted by atomic mass is 10.0. The van der Waals surface area contributed by atoms with Crippen LogP contribution in [0, 0.1) is 0 Å². The highest BCUT2D eigenvalue weighted by Gasteiger charge is 2.17. The van der Waals surface area contributed by atoms with Gasteiger partial charge in [0.15, 0.2) is 0 Å². The normalized spacial score (nSPS) is 13.7. The van der Waals surface area contributed by atoms with Crippen LogP contribution in [-0.2, 0) is 4.79 Å².